The molecule has 17 heavy (non-hydrogen) atoms. The number of rotatable bonds is 7. The number of ether oxygens (including phenoxy) is 1. The first kappa shape index (κ1) is 13.6. The molecule has 3 N–H and O–H groups in total. The van der Waals surface area contributed by atoms with Gasteiger partial charge in [0.15, 0.2) is 0 Å². The molecule has 1 aromatic heterocycles. The first-order chi connectivity index (χ1) is 8.13. The highest BCUT2D eigenvalue weighted by Gasteiger charge is 2.03. The lowest BCUT2D eigenvalue weighted by atomic mass is 10.4. The van der Waals surface area contributed by atoms with Crippen LogP contribution >= 0.6 is 0 Å². The van der Waals surface area contributed by atoms with E-state index in [9.17, 15) is 0 Å². The Bertz CT molecular complexity index is 341. The summed E-state index contributed by atoms with van der Waals surface area (Å²) >= 11 is 0. The van der Waals surface area contributed by atoms with Crippen LogP contribution < -0.4 is 15.8 Å². The molecular formula is C12H22N4O. The van der Waals surface area contributed by atoms with E-state index in [2.05, 4.69) is 22.1 Å². The molecule has 0 atom stereocenters. The molecule has 0 amide bonds. The molecule has 0 radical (unpaired) electrons. The van der Waals surface area contributed by atoms with Gasteiger partial charge in [0.05, 0.1) is 12.3 Å². The van der Waals surface area contributed by atoms with E-state index < -0.39 is 0 Å². The molecule has 0 aliphatic heterocycles. The summed E-state index contributed by atoms with van der Waals surface area (Å²) < 4.78 is 5.47. The standard InChI is InChI=1S/C12H22N4O/c1-4-9-17-12-10(13)5-6-11(15-12)14-7-8-16(2)3/h5-6H,4,7-9,13H2,1-3H3,(H,14,15). The Balaban J connectivity index is 2.55. The van der Waals surface area contributed by atoms with Gasteiger partial charge >= 0.3 is 0 Å². The van der Waals surface area contributed by atoms with Crippen LogP contribution in [0.2, 0.25) is 0 Å². The Hall–Kier alpha value is -1.49. The molecule has 0 aliphatic carbocycles. The smallest absolute Gasteiger partial charge is 0.239 e. The number of aromatic nitrogens is 1. The lowest BCUT2D eigenvalue weighted by molar-refractivity contribution is 0.307. The van der Waals surface area contributed by atoms with Gasteiger partial charge in [0.25, 0.3) is 0 Å². The van der Waals surface area contributed by atoms with Gasteiger partial charge in [-0.15, -0.1) is 0 Å². The number of anilines is 2. The summed E-state index contributed by atoms with van der Waals surface area (Å²) in [6, 6.07) is 3.68. The maximum Gasteiger partial charge on any atom is 0.239 e. The third-order valence-corrected chi connectivity index (χ3v) is 2.20. The minimum Gasteiger partial charge on any atom is -0.476 e. The maximum atomic E-state index is 5.78. The molecule has 0 aromatic carbocycles. The van der Waals surface area contributed by atoms with Crippen molar-refractivity contribution in [2.24, 2.45) is 0 Å². The zero-order valence-corrected chi connectivity index (χ0v) is 10.9. The van der Waals surface area contributed by atoms with Gasteiger partial charge in [-0.25, -0.2) is 0 Å². The summed E-state index contributed by atoms with van der Waals surface area (Å²) in [4.78, 5) is 6.44. The van der Waals surface area contributed by atoms with Gasteiger partial charge in [0.1, 0.15) is 5.82 Å². The summed E-state index contributed by atoms with van der Waals surface area (Å²) in [6.45, 7) is 4.49. The first-order valence-electron chi connectivity index (χ1n) is 5.91. The number of likely N-dealkylation sites (N-methyl/N-ethyl adjacent to an activating group) is 1. The lowest BCUT2D eigenvalue weighted by Crippen LogP contribution is -2.21. The van der Waals surface area contributed by atoms with Crippen LogP contribution in [-0.4, -0.2) is 43.7 Å². The summed E-state index contributed by atoms with van der Waals surface area (Å²) in [6.07, 6.45) is 0.944. The summed E-state index contributed by atoms with van der Waals surface area (Å²) in [5.41, 5.74) is 6.36. The number of nitrogens with one attached hydrogen (secondary N) is 1. The minimum atomic E-state index is 0.515. The molecule has 0 aliphatic rings. The van der Waals surface area contributed by atoms with Gasteiger partial charge in [-0.05, 0) is 32.6 Å². The first-order valence-corrected chi connectivity index (χ1v) is 5.91. The molecule has 0 fully saturated rings. The van der Waals surface area contributed by atoms with Crippen LogP contribution in [0.5, 0.6) is 5.88 Å². The summed E-state index contributed by atoms with van der Waals surface area (Å²) in [5, 5.41) is 3.23. The molecule has 0 unspecified atom stereocenters. The number of hydrogen-bond donors (Lipinski definition) is 2. The number of nitrogens with zero attached hydrogens (tertiary/aromatic N) is 2. The Labute approximate surface area is 103 Å². The minimum absolute atomic E-state index is 0.515. The quantitative estimate of drug-likeness (QED) is 0.752. The van der Waals surface area contributed by atoms with Crippen LogP contribution in [0, 0.1) is 0 Å². The molecule has 5 heteroatoms. The average Bonchev–Trinajstić information content (AvgIpc) is 2.29. The van der Waals surface area contributed by atoms with E-state index in [1.807, 2.05) is 26.2 Å². The monoisotopic (exact) mass is 238 g/mol. The van der Waals surface area contributed by atoms with Crippen molar-refractivity contribution in [3.63, 3.8) is 0 Å². The van der Waals surface area contributed by atoms with Crippen LogP contribution in [0.1, 0.15) is 13.3 Å². The molecule has 96 valence electrons. The number of nitrogens with two attached hydrogens (primary N) is 1. The predicted molar refractivity (Wildman–Crippen MR) is 71.5 cm³/mol. The molecule has 5 nitrogen and oxygen atoms in total. The topological polar surface area (TPSA) is 63.4 Å². The zero-order valence-electron chi connectivity index (χ0n) is 10.9. The van der Waals surface area contributed by atoms with E-state index in [1.165, 1.54) is 0 Å². The van der Waals surface area contributed by atoms with Crippen LogP contribution in [0.3, 0.4) is 0 Å². The third-order valence-electron chi connectivity index (χ3n) is 2.20. The van der Waals surface area contributed by atoms with E-state index in [0.29, 0.717) is 18.2 Å². The van der Waals surface area contributed by atoms with E-state index in [1.54, 1.807) is 0 Å². The van der Waals surface area contributed by atoms with E-state index in [0.717, 1.165) is 25.3 Å². The van der Waals surface area contributed by atoms with Gasteiger partial charge in [-0.3, -0.25) is 0 Å². The Morgan fingerprint density at radius 3 is 2.82 bits per heavy atom. The van der Waals surface area contributed by atoms with Crippen molar-refractivity contribution in [1.29, 1.82) is 0 Å². The molecule has 0 bridgehead atoms. The van der Waals surface area contributed by atoms with Crippen molar-refractivity contribution in [3.8, 4) is 5.88 Å². The van der Waals surface area contributed by atoms with Crippen LogP contribution in [0.4, 0.5) is 11.5 Å². The highest BCUT2D eigenvalue weighted by Crippen LogP contribution is 2.20. The van der Waals surface area contributed by atoms with Gasteiger partial charge in [0.2, 0.25) is 5.88 Å². The highest BCUT2D eigenvalue weighted by molar-refractivity contribution is 5.53. The van der Waals surface area contributed by atoms with Gasteiger partial charge in [-0.2, -0.15) is 4.98 Å². The highest BCUT2D eigenvalue weighted by atomic mass is 16.5. The Morgan fingerprint density at radius 1 is 1.41 bits per heavy atom. The number of hydrogen-bond acceptors (Lipinski definition) is 5. The second kappa shape index (κ2) is 6.96. The summed E-state index contributed by atoms with van der Waals surface area (Å²) in [5.74, 6) is 1.31. The predicted octanol–water partition coefficient (Wildman–Crippen LogP) is 1.43. The second-order valence-electron chi connectivity index (χ2n) is 4.17. The van der Waals surface area contributed by atoms with Crippen molar-refractivity contribution < 1.29 is 4.74 Å². The average molecular weight is 238 g/mol. The van der Waals surface area contributed by atoms with E-state index in [4.69, 9.17) is 10.5 Å². The number of nitrogen functional groups attached to an aromatic ring is 1. The fraction of sp³-hybridized carbons (Fsp3) is 0.583. The third kappa shape index (κ3) is 4.91. The van der Waals surface area contributed by atoms with Crippen molar-refractivity contribution in [1.82, 2.24) is 9.88 Å². The fourth-order valence-corrected chi connectivity index (χ4v) is 1.27. The van der Waals surface area contributed by atoms with Gasteiger partial charge < -0.3 is 20.7 Å². The SMILES string of the molecule is CCCOc1nc(NCCN(C)C)ccc1N. The van der Waals surface area contributed by atoms with E-state index in [-0.39, 0.29) is 0 Å². The second-order valence-corrected chi connectivity index (χ2v) is 4.17. The van der Waals surface area contributed by atoms with Gasteiger partial charge in [-0.1, -0.05) is 6.92 Å². The molecular weight excluding hydrogens is 216 g/mol. The molecule has 1 aromatic rings. The lowest BCUT2D eigenvalue weighted by Gasteiger charge is -2.12. The molecule has 0 saturated carbocycles. The van der Waals surface area contributed by atoms with Crippen molar-refractivity contribution in [3.05, 3.63) is 12.1 Å². The molecule has 0 saturated heterocycles. The van der Waals surface area contributed by atoms with Gasteiger partial charge in [0, 0.05) is 13.1 Å². The maximum absolute atomic E-state index is 5.78. The van der Waals surface area contributed by atoms with Crippen LogP contribution in [0.25, 0.3) is 0 Å². The molecule has 0 spiro atoms. The van der Waals surface area contributed by atoms with Crippen LogP contribution in [-0.2, 0) is 0 Å². The Morgan fingerprint density at radius 2 is 2.18 bits per heavy atom. The van der Waals surface area contributed by atoms with Crippen LogP contribution in [0.15, 0.2) is 12.1 Å². The van der Waals surface area contributed by atoms with Crippen molar-refractivity contribution in [2.75, 3.05) is 44.8 Å². The Kier molecular flexibility index (Phi) is 5.56. The largest absolute Gasteiger partial charge is 0.476 e. The fourth-order valence-electron chi connectivity index (χ4n) is 1.27. The van der Waals surface area contributed by atoms with Crippen molar-refractivity contribution in [2.45, 2.75) is 13.3 Å². The zero-order chi connectivity index (χ0) is 12.7. The normalized spacial score (nSPS) is 10.6. The van der Waals surface area contributed by atoms with E-state index >= 15 is 0 Å². The number of pyridine rings is 1. The molecule has 1 rings (SSSR count). The summed E-state index contributed by atoms with van der Waals surface area (Å²) in [7, 11) is 4.07. The molecule has 1 heterocycles. The van der Waals surface area contributed by atoms with Crippen molar-refractivity contribution >= 4 is 11.5 Å².